The highest BCUT2D eigenvalue weighted by molar-refractivity contribution is 5.03. The van der Waals surface area contributed by atoms with Crippen LogP contribution in [0.15, 0.2) is 24.4 Å². The first kappa shape index (κ1) is 14.1. The molecule has 0 aliphatic carbocycles. The zero-order valence-electron chi connectivity index (χ0n) is 11.0. The Bertz CT molecular complexity index is 290. The van der Waals surface area contributed by atoms with E-state index >= 15 is 0 Å². The van der Waals surface area contributed by atoms with Gasteiger partial charge in [-0.25, -0.2) is 0 Å². The van der Waals surface area contributed by atoms with Crippen LogP contribution in [0.2, 0.25) is 0 Å². The molecule has 0 aliphatic rings. The van der Waals surface area contributed by atoms with Crippen molar-refractivity contribution in [2.45, 2.75) is 45.8 Å². The van der Waals surface area contributed by atoms with E-state index in [0.717, 1.165) is 44.6 Å². The molecule has 96 valence electrons. The summed E-state index contributed by atoms with van der Waals surface area (Å²) in [7, 11) is 0. The van der Waals surface area contributed by atoms with Crippen molar-refractivity contribution in [3.8, 4) is 0 Å². The minimum Gasteiger partial charge on any atom is -0.393 e. The third-order valence-corrected chi connectivity index (χ3v) is 3.04. The molecular formula is C14H24N2O. The first-order valence-corrected chi connectivity index (χ1v) is 6.56. The zero-order valence-corrected chi connectivity index (χ0v) is 11.0. The maximum Gasteiger partial charge on any atom is 0.0543 e. The van der Waals surface area contributed by atoms with Crippen LogP contribution in [0.5, 0.6) is 0 Å². The predicted molar refractivity (Wildman–Crippen MR) is 70.7 cm³/mol. The van der Waals surface area contributed by atoms with E-state index in [-0.39, 0.29) is 6.10 Å². The second-order valence-electron chi connectivity index (χ2n) is 4.39. The minimum atomic E-state index is -0.136. The summed E-state index contributed by atoms with van der Waals surface area (Å²) in [5, 5.41) is 9.50. The molecule has 1 heterocycles. The third kappa shape index (κ3) is 5.80. The molecule has 0 bridgehead atoms. The highest BCUT2D eigenvalue weighted by atomic mass is 16.3. The van der Waals surface area contributed by atoms with Gasteiger partial charge in [0.15, 0.2) is 0 Å². The van der Waals surface area contributed by atoms with Crippen molar-refractivity contribution >= 4 is 0 Å². The van der Waals surface area contributed by atoms with Gasteiger partial charge >= 0.3 is 0 Å². The van der Waals surface area contributed by atoms with Gasteiger partial charge in [-0.15, -0.1) is 0 Å². The lowest BCUT2D eigenvalue weighted by Gasteiger charge is -2.20. The molecule has 1 atom stereocenters. The quantitative estimate of drug-likeness (QED) is 0.753. The van der Waals surface area contributed by atoms with E-state index in [4.69, 9.17) is 0 Å². The molecule has 1 unspecified atom stereocenters. The van der Waals surface area contributed by atoms with Crippen LogP contribution in [-0.4, -0.2) is 34.2 Å². The van der Waals surface area contributed by atoms with E-state index in [0.29, 0.717) is 0 Å². The highest BCUT2D eigenvalue weighted by Gasteiger charge is 2.06. The fraction of sp³-hybridized carbons (Fsp3) is 0.643. The molecule has 0 fully saturated rings. The molecule has 0 saturated heterocycles. The molecule has 1 N–H and O–H groups in total. The van der Waals surface area contributed by atoms with Gasteiger partial charge in [-0.2, -0.15) is 0 Å². The molecular weight excluding hydrogens is 212 g/mol. The predicted octanol–water partition coefficient (Wildman–Crippen LogP) is 2.45. The Morgan fingerprint density at radius 1 is 1.35 bits per heavy atom. The number of hydrogen-bond donors (Lipinski definition) is 1. The van der Waals surface area contributed by atoms with Crippen molar-refractivity contribution in [2.75, 3.05) is 13.1 Å². The van der Waals surface area contributed by atoms with Crippen LogP contribution in [0.4, 0.5) is 0 Å². The second kappa shape index (κ2) is 8.20. The van der Waals surface area contributed by atoms with Gasteiger partial charge in [-0.05, 0) is 44.5 Å². The molecule has 0 amide bonds. The van der Waals surface area contributed by atoms with Crippen LogP contribution in [-0.2, 0) is 6.54 Å². The van der Waals surface area contributed by atoms with E-state index in [1.165, 1.54) is 0 Å². The molecule has 3 heteroatoms. The van der Waals surface area contributed by atoms with Gasteiger partial charge in [-0.1, -0.05) is 19.9 Å². The molecule has 0 aliphatic heterocycles. The van der Waals surface area contributed by atoms with Crippen molar-refractivity contribution in [1.29, 1.82) is 0 Å². The number of aromatic nitrogens is 1. The van der Waals surface area contributed by atoms with E-state index in [2.05, 4.69) is 22.9 Å². The van der Waals surface area contributed by atoms with Crippen molar-refractivity contribution in [2.24, 2.45) is 0 Å². The summed E-state index contributed by atoms with van der Waals surface area (Å²) < 4.78 is 0. The van der Waals surface area contributed by atoms with Crippen molar-refractivity contribution in [3.63, 3.8) is 0 Å². The molecule has 0 spiro atoms. The molecule has 1 aromatic heterocycles. The van der Waals surface area contributed by atoms with Crippen LogP contribution in [0.3, 0.4) is 0 Å². The summed E-state index contributed by atoms with van der Waals surface area (Å²) in [5.74, 6) is 0. The lowest BCUT2D eigenvalue weighted by atomic mass is 10.1. The largest absolute Gasteiger partial charge is 0.393 e. The monoisotopic (exact) mass is 236 g/mol. The van der Waals surface area contributed by atoms with Gasteiger partial charge in [0, 0.05) is 12.7 Å². The number of rotatable bonds is 8. The highest BCUT2D eigenvalue weighted by Crippen LogP contribution is 2.05. The molecule has 0 saturated carbocycles. The Morgan fingerprint density at radius 3 is 2.76 bits per heavy atom. The summed E-state index contributed by atoms with van der Waals surface area (Å²) in [6.45, 7) is 7.15. The van der Waals surface area contributed by atoms with Gasteiger partial charge in [0.25, 0.3) is 0 Å². The summed E-state index contributed by atoms with van der Waals surface area (Å²) in [6, 6.07) is 6.03. The van der Waals surface area contributed by atoms with Crippen molar-refractivity contribution < 1.29 is 5.11 Å². The van der Waals surface area contributed by atoms with Crippen molar-refractivity contribution in [3.05, 3.63) is 30.1 Å². The average molecular weight is 236 g/mol. The fourth-order valence-electron chi connectivity index (χ4n) is 1.82. The molecule has 1 rings (SSSR count). The normalized spacial score (nSPS) is 12.9. The molecule has 0 radical (unpaired) electrons. The molecule has 17 heavy (non-hydrogen) atoms. The Labute approximate surface area is 104 Å². The minimum absolute atomic E-state index is 0.136. The summed E-state index contributed by atoms with van der Waals surface area (Å²) in [6.07, 6.45) is 4.50. The number of nitrogens with zero attached hydrogens (tertiary/aromatic N) is 2. The Hall–Kier alpha value is -0.930. The SMILES string of the molecule is CCC(O)CCCN(CC)Cc1ccccn1. The lowest BCUT2D eigenvalue weighted by Crippen LogP contribution is -2.25. The number of pyridine rings is 1. The van der Waals surface area contributed by atoms with Gasteiger partial charge in [-0.3, -0.25) is 9.88 Å². The Balaban J connectivity index is 2.29. The van der Waals surface area contributed by atoms with Crippen LogP contribution < -0.4 is 0 Å². The number of aliphatic hydroxyl groups excluding tert-OH is 1. The maximum absolute atomic E-state index is 9.50. The Morgan fingerprint density at radius 2 is 2.18 bits per heavy atom. The van der Waals surface area contributed by atoms with Crippen LogP contribution in [0.1, 0.15) is 38.8 Å². The van der Waals surface area contributed by atoms with Crippen LogP contribution in [0.25, 0.3) is 0 Å². The van der Waals surface area contributed by atoms with Gasteiger partial charge in [0.1, 0.15) is 0 Å². The standard InChI is InChI=1S/C14H24N2O/c1-3-14(17)9-7-11-16(4-2)12-13-8-5-6-10-15-13/h5-6,8,10,14,17H,3-4,7,9,11-12H2,1-2H3. The maximum atomic E-state index is 9.50. The number of hydrogen-bond acceptors (Lipinski definition) is 3. The Kier molecular flexibility index (Phi) is 6.82. The average Bonchev–Trinajstić information content (AvgIpc) is 2.38. The summed E-state index contributed by atoms with van der Waals surface area (Å²) in [4.78, 5) is 6.70. The lowest BCUT2D eigenvalue weighted by molar-refractivity contribution is 0.149. The van der Waals surface area contributed by atoms with E-state index in [9.17, 15) is 5.11 Å². The second-order valence-corrected chi connectivity index (χ2v) is 4.39. The van der Waals surface area contributed by atoms with Gasteiger partial charge in [0.2, 0.25) is 0 Å². The van der Waals surface area contributed by atoms with Gasteiger partial charge in [0.05, 0.1) is 11.8 Å². The summed E-state index contributed by atoms with van der Waals surface area (Å²) in [5.41, 5.74) is 1.12. The van der Waals surface area contributed by atoms with E-state index in [1.54, 1.807) is 0 Å². The number of aliphatic hydroxyl groups is 1. The zero-order chi connectivity index (χ0) is 12.5. The first-order valence-electron chi connectivity index (χ1n) is 6.56. The molecule has 3 nitrogen and oxygen atoms in total. The molecule has 0 aromatic carbocycles. The molecule has 1 aromatic rings. The van der Waals surface area contributed by atoms with Crippen LogP contribution >= 0.6 is 0 Å². The topological polar surface area (TPSA) is 36.4 Å². The fourth-order valence-corrected chi connectivity index (χ4v) is 1.82. The smallest absolute Gasteiger partial charge is 0.0543 e. The third-order valence-electron chi connectivity index (χ3n) is 3.04. The summed E-state index contributed by atoms with van der Waals surface area (Å²) >= 11 is 0. The first-order chi connectivity index (χ1) is 8.26. The van der Waals surface area contributed by atoms with Crippen LogP contribution in [0, 0.1) is 0 Å². The van der Waals surface area contributed by atoms with Crippen molar-refractivity contribution in [1.82, 2.24) is 9.88 Å². The van der Waals surface area contributed by atoms with E-state index in [1.807, 2.05) is 25.3 Å². The van der Waals surface area contributed by atoms with E-state index < -0.39 is 0 Å². The van der Waals surface area contributed by atoms with Gasteiger partial charge < -0.3 is 5.11 Å².